The van der Waals surface area contributed by atoms with Crippen molar-refractivity contribution in [1.82, 2.24) is 20.1 Å². The number of amides is 1. The average Bonchev–Trinajstić information content (AvgIpc) is 3.15. The summed E-state index contributed by atoms with van der Waals surface area (Å²) in [6.07, 6.45) is 4.47. The van der Waals surface area contributed by atoms with Crippen molar-refractivity contribution in [3.8, 4) is 5.75 Å². The lowest BCUT2D eigenvalue weighted by Gasteiger charge is -2.36. The maximum absolute atomic E-state index is 11.2. The lowest BCUT2D eigenvalue weighted by molar-refractivity contribution is -0.120. The van der Waals surface area contributed by atoms with Crippen molar-refractivity contribution in [3.05, 3.63) is 59.9 Å². The lowest BCUT2D eigenvalue weighted by atomic mass is 9.99. The molecule has 2 saturated heterocycles. The van der Waals surface area contributed by atoms with E-state index in [1.54, 1.807) is 13.1 Å². The standard InChI is InChI=1S/C25H34N4O3/c1-20(30)27-22-9-13-28(14-10-22)18-25(31)11-15-29(19-25)16-21-5-7-24(8-6-21)32-17-23-4-2-3-12-26-23/h2-8,12,22,31H,9-11,13-19H2,1H3,(H,27,30)/t25-/m0/s1. The molecule has 0 bridgehead atoms. The Balaban J connectivity index is 1.21. The molecule has 0 spiro atoms. The summed E-state index contributed by atoms with van der Waals surface area (Å²) in [5.74, 6) is 0.876. The Morgan fingerprint density at radius 2 is 1.94 bits per heavy atom. The summed E-state index contributed by atoms with van der Waals surface area (Å²) in [5.41, 5.74) is 1.47. The molecule has 2 aromatic rings. The minimum Gasteiger partial charge on any atom is -0.487 e. The van der Waals surface area contributed by atoms with Gasteiger partial charge in [-0.2, -0.15) is 0 Å². The van der Waals surface area contributed by atoms with E-state index >= 15 is 0 Å². The van der Waals surface area contributed by atoms with Gasteiger partial charge in [0, 0.05) is 58.4 Å². The molecule has 2 aliphatic heterocycles. The first-order valence-corrected chi connectivity index (χ1v) is 11.5. The van der Waals surface area contributed by atoms with E-state index in [1.807, 2.05) is 30.3 Å². The second-order valence-electron chi connectivity index (χ2n) is 9.19. The number of likely N-dealkylation sites (tertiary alicyclic amines) is 2. The van der Waals surface area contributed by atoms with E-state index in [1.165, 1.54) is 5.56 Å². The summed E-state index contributed by atoms with van der Waals surface area (Å²) in [7, 11) is 0. The Morgan fingerprint density at radius 1 is 1.16 bits per heavy atom. The number of pyridine rings is 1. The van der Waals surface area contributed by atoms with Crippen molar-refractivity contribution in [2.45, 2.75) is 51.0 Å². The summed E-state index contributed by atoms with van der Waals surface area (Å²) < 4.78 is 5.82. The molecule has 2 fully saturated rings. The number of hydrogen-bond acceptors (Lipinski definition) is 6. The van der Waals surface area contributed by atoms with Crippen LogP contribution in [0.2, 0.25) is 0 Å². The summed E-state index contributed by atoms with van der Waals surface area (Å²) in [6, 6.07) is 14.3. The van der Waals surface area contributed by atoms with Crippen molar-refractivity contribution in [1.29, 1.82) is 0 Å². The third-order valence-electron chi connectivity index (χ3n) is 6.37. The maximum Gasteiger partial charge on any atom is 0.217 e. The monoisotopic (exact) mass is 438 g/mol. The number of carbonyl (C=O) groups excluding carboxylic acids is 1. The van der Waals surface area contributed by atoms with E-state index in [2.05, 4.69) is 32.2 Å². The number of hydrogen-bond donors (Lipinski definition) is 2. The van der Waals surface area contributed by atoms with Gasteiger partial charge < -0.3 is 20.1 Å². The number of aromatic nitrogens is 1. The first-order valence-electron chi connectivity index (χ1n) is 11.5. The van der Waals surface area contributed by atoms with E-state index in [-0.39, 0.29) is 11.9 Å². The Hall–Kier alpha value is -2.48. The molecular weight excluding hydrogens is 404 g/mol. The summed E-state index contributed by atoms with van der Waals surface area (Å²) in [5, 5.41) is 14.2. The van der Waals surface area contributed by atoms with Crippen LogP contribution in [0.3, 0.4) is 0 Å². The zero-order valence-electron chi connectivity index (χ0n) is 18.9. The Kier molecular flexibility index (Phi) is 7.40. The van der Waals surface area contributed by atoms with Gasteiger partial charge in [-0.3, -0.25) is 14.7 Å². The van der Waals surface area contributed by atoms with Gasteiger partial charge in [0.2, 0.25) is 5.91 Å². The van der Waals surface area contributed by atoms with Crippen LogP contribution in [-0.4, -0.2) is 70.2 Å². The number of aliphatic hydroxyl groups is 1. The molecule has 2 aliphatic rings. The Morgan fingerprint density at radius 3 is 2.62 bits per heavy atom. The molecule has 0 saturated carbocycles. The van der Waals surface area contributed by atoms with Crippen molar-refractivity contribution in [2.24, 2.45) is 0 Å². The number of piperidine rings is 1. The molecule has 172 valence electrons. The molecule has 1 aromatic heterocycles. The molecular formula is C25H34N4O3. The molecule has 4 rings (SSSR count). The van der Waals surface area contributed by atoms with Gasteiger partial charge in [-0.15, -0.1) is 0 Å². The number of rotatable bonds is 8. The van der Waals surface area contributed by atoms with Crippen LogP contribution in [0.4, 0.5) is 0 Å². The molecule has 1 atom stereocenters. The predicted octanol–water partition coefficient (Wildman–Crippen LogP) is 2.20. The molecule has 7 heteroatoms. The molecule has 0 aliphatic carbocycles. The predicted molar refractivity (Wildman–Crippen MR) is 123 cm³/mol. The smallest absolute Gasteiger partial charge is 0.217 e. The highest BCUT2D eigenvalue weighted by atomic mass is 16.5. The number of nitrogens with zero attached hydrogens (tertiary/aromatic N) is 3. The van der Waals surface area contributed by atoms with Gasteiger partial charge in [0.15, 0.2) is 0 Å². The van der Waals surface area contributed by atoms with Gasteiger partial charge in [-0.05, 0) is 49.1 Å². The van der Waals surface area contributed by atoms with E-state index in [9.17, 15) is 9.90 Å². The van der Waals surface area contributed by atoms with Crippen molar-refractivity contribution in [3.63, 3.8) is 0 Å². The van der Waals surface area contributed by atoms with E-state index in [0.29, 0.717) is 19.7 Å². The van der Waals surface area contributed by atoms with Crippen LogP contribution >= 0.6 is 0 Å². The molecule has 0 radical (unpaired) electrons. The topological polar surface area (TPSA) is 77.9 Å². The number of carbonyl (C=O) groups is 1. The van der Waals surface area contributed by atoms with Crippen molar-refractivity contribution >= 4 is 5.91 Å². The highest BCUT2D eigenvalue weighted by Crippen LogP contribution is 2.26. The SMILES string of the molecule is CC(=O)NC1CCN(C[C@@]2(O)CCN(Cc3ccc(OCc4ccccn4)cc3)C2)CC1. The fraction of sp³-hybridized carbons (Fsp3) is 0.520. The first-order chi connectivity index (χ1) is 15.5. The molecule has 7 nitrogen and oxygen atoms in total. The van der Waals surface area contributed by atoms with Gasteiger partial charge >= 0.3 is 0 Å². The summed E-state index contributed by atoms with van der Waals surface area (Å²) >= 11 is 0. The van der Waals surface area contributed by atoms with Gasteiger partial charge in [-0.25, -0.2) is 0 Å². The highest BCUT2D eigenvalue weighted by Gasteiger charge is 2.38. The van der Waals surface area contributed by atoms with Crippen LogP contribution in [0.15, 0.2) is 48.7 Å². The number of ether oxygens (including phenoxy) is 1. The van der Waals surface area contributed by atoms with E-state index in [4.69, 9.17) is 4.74 Å². The lowest BCUT2D eigenvalue weighted by Crippen LogP contribution is -2.50. The molecule has 32 heavy (non-hydrogen) atoms. The first kappa shape index (κ1) is 22.7. The van der Waals surface area contributed by atoms with Gasteiger partial charge in [0.1, 0.15) is 12.4 Å². The zero-order chi connectivity index (χ0) is 22.4. The van der Waals surface area contributed by atoms with Crippen LogP contribution in [0.5, 0.6) is 5.75 Å². The highest BCUT2D eigenvalue weighted by molar-refractivity contribution is 5.73. The fourth-order valence-corrected chi connectivity index (χ4v) is 4.73. The van der Waals surface area contributed by atoms with Crippen LogP contribution < -0.4 is 10.1 Å². The molecule has 1 aromatic carbocycles. The summed E-state index contributed by atoms with van der Waals surface area (Å²) in [6.45, 7) is 7.00. The van der Waals surface area contributed by atoms with Crippen molar-refractivity contribution < 1.29 is 14.6 Å². The second-order valence-corrected chi connectivity index (χ2v) is 9.19. The van der Waals surface area contributed by atoms with Crippen molar-refractivity contribution in [2.75, 3.05) is 32.7 Å². The maximum atomic E-state index is 11.2. The minimum absolute atomic E-state index is 0.0429. The van der Waals surface area contributed by atoms with Crippen LogP contribution in [-0.2, 0) is 17.9 Å². The molecule has 1 amide bonds. The van der Waals surface area contributed by atoms with Gasteiger partial charge in [0.05, 0.1) is 11.3 Å². The van der Waals surface area contributed by atoms with E-state index in [0.717, 1.165) is 56.9 Å². The van der Waals surface area contributed by atoms with Crippen LogP contribution in [0.1, 0.15) is 37.4 Å². The number of benzene rings is 1. The molecule has 0 unspecified atom stereocenters. The largest absolute Gasteiger partial charge is 0.487 e. The van der Waals surface area contributed by atoms with Crippen LogP contribution in [0.25, 0.3) is 0 Å². The third-order valence-corrected chi connectivity index (χ3v) is 6.37. The number of nitrogens with one attached hydrogen (secondary N) is 1. The van der Waals surface area contributed by atoms with Gasteiger partial charge in [0.25, 0.3) is 0 Å². The number of β-amino-alcohol motifs (C(OH)–C–C–N with tert-alkyl or cyclic N) is 1. The third kappa shape index (κ3) is 6.51. The minimum atomic E-state index is -0.660. The fourth-order valence-electron chi connectivity index (χ4n) is 4.73. The second kappa shape index (κ2) is 10.4. The molecule has 3 heterocycles. The average molecular weight is 439 g/mol. The normalized spacial score (nSPS) is 22.7. The quantitative estimate of drug-likeness (QED) is 0.658. The summed E-state index contributed by atoms with van der Waals surface area (Å²) in [4.78, 5) is 20.2. The van der Waals surface area contributed by atoms with Gasteiger partial charge in [-0.1, -0.05) is 18.2 Å². The zero-order valence-corrected chi connectivity index (χ0v) is 18.9. The Labute approximate surface area is 190 Å². The van der Waals surface area contributed by atoms with Crippen LogP contribution in [0, 0.1) is 0 Å². The Bertz CT molecular complexity index is 869. The molecule has 2 N–H and O–H groups in total. The van der Waals surface area contributed by atoms with E-state index < -0.39 is 5.60 Å².